The molecule has 0 radical (unpaired) electrons. The molecule has 0 saturated heterocycles. The van der Waals surface area contributed by atoms with Gasteiger partial charge in [0.2, 0.25) is 0 Å². The molecule has 2 heterocycles. The second kappa shape index (κ2) is 14.0. The molecule has 2 aliphatic carbocycles. The van der Waals surface area contributed by atoms with Gasteiger partial charge >= 0.3 is 0 Å². The predicted molar refractivity (Wildman–Crippen MR) is 265 cm³/mol. The number of allylic oxidation sites excluding steroid dienone is 4. The van der Waals surface area contributed by atoms with Crippen LogP contribution in [0, 0.1) is 0 Å². The number of fused-ring (bicyclic) bond motifs is 11. The Hall–Kier alpha value is -7.95. The molecule has 13 rings (SSSR count). The first kappa shape index (κ1) is 36.7. The van der Waals surface area contributed by atoms with E-state index in [1.54, 1.807) is 0 Å². The van der Waals surface area contributed by atoms with Crippen molar-refractivity contribution in [2.45, 2.75) is 32.1 Å². The Morgan fingerprint density at radius 2 is 1.12 bits per heavy atom. The van der Waals surface area contributed by atoms with Gasteiger partial charge < -0.3 is 4.42 Å². The zero-order valence-corrected chi connectivity index (χ0v) is 35.6. The van der Waals surface area contributed by atoms with Crippen molar-refractivity contribution >= 4 is 65.4 Å². The maximum atomic E-state index is 6.60. The molecule has 64 heavy (non-hydrogen) atoms. The highest BCUT2D eigenvalue weighted by atomic mass is 16.3. The minimum absolute atomic E-state index is 0.135. The fourth-order valence-corrected chi connectivity index (χ4v) is 10.7. The maximum absolute atomic E-state index is 6.60. The summed E-state index contributed by atoms with van der Waals surface area (Å²) >= 11 is 0. The molecule has 2 aliphatic rings. The average Bonchev–Trinajstić information content (AvgIpc) is 3.85. The number of furan rings is 1. The van der Waals surface area contributed by atoms with Gasteiger partial charge in [0.1, 0.15) is 11.2 Å². The van der Waals surface area contributed by atoms with Gasteiger partial charge in [0.25, 0.3) is 0 Å². The number of nitrogens with zero attached hydrogens (tertiary/aromatic N) is 3. The van der Waals surface area contributed by atoms with Crippen LogP contribution >= 0.6 is 0 Å². The van der Waals surface area contributed by atoms with Crippen molar-refractivity contribution < 1.29 is 4.42 Å². The molecule has 0 saturated carbocycles. The highest BCUT2D eigenvalue weighted by molar-refractivity contribution is 6.20. The van der Waals surface area contributed by atoms with Crippen LogP contribution in [0.1, 0.15) is 49.2 Å². The predicted octanol–water partition coefficient (Wildman–Crippen LogP) is 15.8. The number of hydrogen-bond donors (Lipinski definition) is 0. The molecular weight excluding hydrogens is 779 g/mol. The Labute approximate surface area is 370 Å². The molecule has 0 bridgehead atoms. The molecular formula is C60H41N3O. The third-order valence-corrected chi connectivity index (χ3v) is 13.8. The van der Waals surface area contributed by atoms with Crippen molar-refractivity contribution in [3.63, 3.8) is 0 Å². The summed E-state index contributed by atoms with van der Waals surface area (Å²) in [6.07, 6.45) is 6.33. The molecule has 0 unspecified atom stereocenters. The molecule has 9 aromatic carbocycles. The first-order valence-corrected chi connectivity index (χ1v) is 22.2. The number of benzene rings is 9. The van der Waals surface area contributed by atoms with E-state index >= 15 is 0 Å². The minimum Gasteiger partial charge on any atom is -0.456 e. The van der Waals surface area contributed by atoms with Crippen molar-refractivity contribution in [2.24, 2.45) is 0 Å². The molecule has 4 nitrogen and oxygen atoms in total. The third-order valence-electron chi connectivity index (χ3n) is 13.8. The summed E-state index contributed by atoms with van der Waals surface area (Å²) < 4.78 is 6.60. The van der Waals surface area contributed by atoms with Crippen LogP contribution in [0.5, 0.6) is 0 Å². The van der Waals surface area contributed by atoms with E-state index < -0.39 is 0 Å². The van der Waals surface area contributed by atoms with Gasteiger partial charge in [-0.1, -0.05) is 178 Å². The number of rotatable bonds is 5. The van der Waals surface area contributed by atoms with E-state index in [2.05, 4.69) is 184 Å². The van der Waals surface area contributed by atoms with Gasteiger partial charge in [-0.05, 0) is 120 Å². The summed E-state index contributed by atoms with van der Waals surface area (Å²) in [5.74, 6) is 2.07. The smallest absolute Gasteiger partial charge is 0.164 e. The maximum Gasteiger partial charge on any atom is 0.164 e. The molecule has 302 valence electrons. The molecule has 11 aromatic rings. The van der Waals surface area contributed by atoms with Gasteiger partial charge in [-0.2, -0.15) is 0 Å². The van der Waals surface area contributed by atoms with Crippen molar-refractivity contribution in [3.05, 3.63) is 211 Å². The summed E-state index contributed by atoms with van der Waals surface area (Å²) in [5.41, 5.74) is 14.4. The van der Waals surface area contributed by atoms with Crippen molar-refractivity contribution in [1.29, 1.82) is 0 Å². The topological polar surface area (TPSA) is 51.8 Å². The zero-order chi connectivity index (χ0) is 42.5. The van der Waals surface area contributed by atoms with Gasteiger partial charge in [0.15, 0.2) is 17.5 Å². The molecule has 4 heteroatoms. The second-order valence-corrected chi connectivity index (χ2v) is 17.8. The first-order chi connectivity index (χ1) is 31.5. The molecule has 0 aliphatic heterocycles. The van der Waals surface area contributed by atoms with Crippen LogP contribution in [-0.4, -0.2) is 15.0 Å². The Bertz CT molecular complexity index is 3810. The Balaban J connectivity index is 0.942. The summed E-state index contributed by atoms with van der Waals surface area (Å²) in [6, 6.07) is 63.1. The van der Waals surface area contributed by atoms with Crippen molar-refractivity contribution in [2.75, 3.05) is 0 Å². The number of aromatic nitrogens is 3. The second-order valence-electron chi connectivity index (χ2n) is 17.8. The number of hydrogen-bond acceptors (Lipinski definition) is 4. The average molecular weight is 820 g/mol. The van der Waals surface area contributed by atoms with E-state index in [0.717, 1.165) is 68.2 Å². The van der Waals surface area contributed by atoms with Crippen LogP contribution < -0.4 is 0 Å². The van der Waals surface area contributed by atoms with Gasteiger partial charge in [0.05, 0.1) is 0 Å². The van der Waals surface area contributed by atoms with Crippen LogP contribution in [0.4, 0.5) is 0 Å². The van der Waals surface area contributed by atoms with Gasteiger partial charge in [0, 0.05) is 27.3 Å². The van der Waals surface area contributed by atoms with Gasteiger partial charge in [-0.25, -0.2) is 15.0 Å². The van der Waals surface area contributed by atoms with E-state index in [1.807, 2.05) is 18.2 Å². The largest absolute Gasteiger partial charge is 0.456 e. The molecule has 0 spiro atoms. The zero-order valence-electron chi connectivity index (χ0n) is 35.6. The van der Waals surface area contributed by atoms with Crippen molar-refractivity contribution in [1.82, 2.24) is 15.0 Å². The lowest BCUT2D eigenvalue weighted by atomic mass is 9.82. The summed E-state index contributed by atoms with van der Waals surface area (Å²) in [5, 5.41) is 9.79. The van der Waals surface area contributed by atoms with Crippen LogP contribution in [0.2, 0.25) is 0 Å². The lowest BCUT2D eigenvalue weighted by molar-refractivity contribution is 0.660. The summed E-state index contributed by atoms with van der Waals surface area (Å²) in [4.78, 5) is 15.8. The SMILES string of the molecule is CC1(C)c2ccccc2-c2c(-c3nc(C4=CC(c5cccc6oc7ccc(-c8cccc9c8ccc8c%10ccccc%10ccc98)cc7c56)=CCC4)nc(-c4ccccc4)n3)cccc21. The normalized spacial score (nSPS) is 14.3. The fourth-order valence-electron chi connectivity index (χ4n) is 10.7. The monoisotopic (exact) mass is 819 g/mol. The van der Waals surface area contributed by atoms with E-state index in [0.29, 0.717) is 17.5 Å². The standard InChI is InChI=1S/C60H41N3O/c1-60(2)51-25-9-8-20-48(51)55-49(24-12-26-52(55)60)59-62-57(37-15-4-3-5-16-37)61-58(63-59)40-18-10-17-38(34-40)43-22-13-27-54-56(43)50-35-39(29-33-53(50)64-54)42-21-11-23-44-46(42)32-31-45-41-19-7-6-14-36(41)28-30-47(44)45/h3-9,11-17,19-35H,10,18H2,1-2H3. The van der Waals surface area contributed by atoms with Crippen LogP contribution in [0.25, 0.3) is 110 Å². The Morgan fingerprint density at radius 1 is 0.453 bits per heavy atom. The van der Waals surface area contributed by atoms with E-state index in [9.17, 15) is 0 Å². The third kappa shape index (κ3) is 5.58. The lowest BCUT2D eigenvalue weighted by Crippen LogP contribution is -2.14. The highest BCUT2D eigenvalue weighted by Gasteiger charge is 2.37. The van der Waals surface area contributed by atoms with Gasteiger partial charge in [-0.3, -0.25) is 0 Å². The lowest BCUT2D eigenvalue weighted by Gasteiger charge is -2.21. The molecule has 0 N–H and O–H groups in total. The van der Waals surface area contributed by atoms with Crippen molar-refractivity contribution in [3.8, 4) is 45.0 Å². The van der Waals surface area contributed by atoms with E-state index in [1.165, 1.54) is 60.1 Å². The van der Waals surface area contributed by atoms with Crippen LogP contribution in [0.3, 0.4) is 0 Å². The summed E-state index contributed by atoms with van der Waals surface area (Å²) in [7, 11) is 0. The Kier molecular flexibility index (Phi) is 8.04. The van der Waals surface area contributed by atoms with Crippen LogP contribution in [-0.2, 0) is 5.41 Å². The van der Waals surface area contributed by atoms with E-state index in [4.69, 9.17) is 19.4 Å². The first-order valence-electron chi connectivity index (χ1n) is 22.2. The Morgan fingerprint density at radius 3 is 2.06 bits per heavy atom. The molecule has 2 aromatic heterocycles. The molecule has 0 atom stereocenters. The van der Waals surface area contributed by atoms with Crippen LogP contribution in [0.15, 0.2) is 192 Å². The van der Waals surface area contributed by atoms with E-state index in [-0.39, 0.29) is 5.41 Å². The fraction of sp³-hybridized carbons (Fsp3) is 0.0833. The molecule has 0 fully saturated rings. The minimum atomic E-state index is -0.135. The quantitative estimate of drug-likeness (QED) is 0.162. The molecule has 0 amide bonds. The highest BCUT2D eigenvalue weighted by Crippen LogP contribution is 2.52. The summed E-state index contributed by atoms with van der Waals surface area (Å²) in [6.45, 7) is 4.63. The van der Waals surface area contributed by atoms with Gasteiger partial charge in [-0.15, -0.1) is 0 Å².